The van der Waals surface area contributed by atoms with Crippen LogP contribution in [0.2, 0.25) is 0 Å². The Morgan fingerprint density at radius 2 is 0.705 bits per heavy atom. The minimum absolute atomic E-state index is 0.391. The second-order valence-electron chi connectivity index (χ2n) is 14.4. The highest BCUT2D eigenvalue weighted by molar-refractivity contribution is 6.68. The van der Waals surface area contributed by atoms with Crippen LogP contribution in [0, 0.1) is 23.7 Å². The van der Waals surface area contributed by atoms with Crippen molar-refractivity contribution in [3.05, 3.63) is 250 Å². The molecule has 0 fully saturated rings. The van der Waals surface area contributed by atoms with Crippen molar-refractivity contribution in [3.8, 4) is 57.8 Å². The van der Waals surface area contributed by atoms with E-state index < -0.39 is 15.9 Å². The van der Waals surface area contributed by atoms with Crippen molar-refractivity contribution in [1.82, 2.24) is 0 Å². The number of benzene rings is 8. The van der Waals surface area contributed by atoms with Crippen molar-refractivity contribution >= 4 is 33.7 Å². The second kappa shape index (κ2) is 16.9. The summed E-state index contributed by atoms with van der Waals surface area (Å²) in [6, 6.07) is 62.5. The van der Waals surface area contributed by atoms with Crippen molar-refractivity contribution < 1.29 is 19.1 Å². The quantitative estimate of drug-likeness (QED) is 0.113. The summed E-state index contributed by atoms with van der Waals surface area (Å²) in [5.41, 5.74) is 9.88. The summed E-state index contributed by atoms with van der Waals surface area (Å²) in [5.74, 6) is 16.0. The van der Waals surface area contributed by atoms with Crippen molar-refractivity contribution in [2.24, 2.45) is 0 Å². The predicted molar refractivity (Wildman–Crippen MR) is 242 cm³/mol. The molecule has 0 saturated carbocycles. The van der Waals surface area contributed by atoms with Crippen LogP contribution in [0.25, 0.3) is 11.1 Å². The van der Waals surface area contributed by atoms with Gasteiger partial charge in [0.2, 0.25) is 0 Å². The van der Waals surface area contributed by atoms with Gasteiger partial charge in [0.05, 0.1) is 5.41 Å². The van der Waals surface area contributed by atoms with E-state index in [1.54, 1.807) is 48.5 Å². The summed E-state index contributed by atoms with van der Waals surface area (Å²) in [6.45, 7) is 0. The molecule has 0 bridgehead atoms. The van der Waals surface area contributed by atoms with Gasteiger partial charge < -0.3 is 9.47 Å². The van der Waals surface area contributed by atoms with E-state index in [9.17, 15) is 9.59 Å². The zero-order chi connectivity index (χ0) is 41.8. The molecular weight excluding hydrogens is 796 g/mol. The van der Waals surface area contributed by atoms with Crippen LogP contribution < -0.4 is 9.47 Å². The molecule has 0 saturated heterocycles. The van der Waals surface area contributed by atoms with E-state index in [1.165, 1.54) is 0 Å². The molecule has 0 N–H and O–H groups in total. The number of hydrogen-bond donors (Lipinski definition) is 0. The molecule has 8 aromatic carbocycles. The van der Waals surface area contributed by atoms with Gasteiger partial charge >= 0.3 is 0 Å². The third kappa shape index (κ3) is 8.07. The Morgan fingerprint density at radius 1 is 0.377 bits per heavy atom. The molecule has 0 spiro atoms. The summed E-state index contributed by atoms with van der Waals surface area (Å²) >= 11 is 11.4. The molecule has 0 unspecified atom stereocenters. The first-order valence-electron chi connectivity index (χ1n) is 19.4. The molecule has 1 aliphatic carbocycles. The fourth-order valence-corrected chi connectivity index (χ4v) is 7.98. The maximum atomic E-state index is 11.7. The molecule has 9 rings (SSSR count). The van der Waals surface area contributed by atoms with E-state index in [2.05, 4.69) is 84.3 Å². The van der Waals surface area contributed by atoms with E-state index in [4.69, 9.17) is 32.7 Å². The summed E-state index contributed by atoms with van der Waals surface area (Å²) in [5, 5.41) is -1.06. The Hall–Kier alpha value is -7.60. The molecule has 0 aliphatic heterocycles. The van der Waals surface area contributed by atoms with Crippen molar-refractivity contribution in [3.63, 3.8) is 0 Å². The molecule has 290 valence electrons. The monoisotopic (exact) mass is 826 g/mol. The molecule has 61 heavy (non-hydrogen) atoms. The van der Waals surface area contributed by atoms with Crippen LogP contribution in [-0.4, -0.2) is 10.5 Å². The number of fused-ring (bicyclic) bond motifs is 3. The number of carbonyl (C=O) groups is 2. The molecule has 0 heterocycles. The Bertz CT molecular complexity index is 2830. The molecule has 0 aromatic heterocycles. The topological polar surface area (TPSA) is 52.6 Å². The van der Waals surface area contributed by atoms with Gasteiger partial charge in [0.15, 0.2) is 0 Å². The molecule has 0 amide bonds. The van der Waals surface area contributed by atoms with E-state index in [0.717, 1.165) is 55.6 Å². The smallest absolute Gasteiger partial charge is 0.252 e. The lowest BCUT2D eigenvalue weighted by molar-refractivity contribution is 0.107. The molecule has 0 radical (unpaired) electrons. The lowest BCUT2D eigenvalue weighted by Crippen LogP contribution is -2.28. The van der Waals surface area contributed by atoms with Gasteiger partial charge in [-0.1, -0.05) is 96.5 Å². The highest BCUT2D eigenvalue weighted by Gasteiger charge is 2.46. The average molecular weight is 828 g/mol. The fourth-order valence-electron chi connectivity index (χ4n) is 7.73. The summed E-state index contributed by atoms with van der Waals surface area (Å²) in [6.07, 6.45) is 0. The molecular formula is C55H32Cl2O4. The van der Waals surface area contributed by atoms with Crippen LogP contribution in [0.4, 0.5) is 0 Å². The summed E-state index contributed by atoms with van der Waals surface area (Å²) in [4.78, 5) is 23.3. The van der Waals surface area contributed by atoms with Crippen LogP contribution in [0.15, 0.2) is 194 Å². The number of hydrogen-bond acceptors (Lipinski definition) is 4. The number of halogens is 2. The van der Waals surface area contributed by atoms with Gasteiger partial charge in [-0.05, 0) is 178 Å². The molecule has 4 nitrogen and oxygen atoms in total. The van der Waals surface area contributed by atoms with E-state index in [0.29, 0.717) is 34.1 Å². The highest BCUT2D eigenvalue weighted by atomic mass is 35.5. The van der Waals surface area contributed by atoms with Gasteiger partial charge in [0.25, 0.3) is 10.5 Å². The average Bonchev–Trinajstić information content (AvgIpc) is 3.58. The maximum absolute atomic E-state index is 11.7. The minimum Gasteiger partial charge on any atom is -0.457 e. The third-order valence-electron chi connectivity index (χ3n) is 10.6. The first-order chi connectivity index (χ1) is 29.8. The normalized spacial score (nSPS) is 11.8. The zero-order valence-electron chi connectivity index (χ0n) is 32.4. The standard InChI is InChI=1S/C55H32Cl2O4/c56-53(58)41-17-25-45(26-18-41)60-47-29-21-43(22-30-47)55(44-23-31-48(32-24-44)61-46-27-19-42(20-28-46)54(57)59)51-35-39(13-11-37-7-3-1-4-8-37)15-33-49(51)50-34-16-40(36-52(50)55)14-12-38-9-5-2-6-10-38/h1-10,15-36H. The number of rotatable bonds is 8. The van der Waals surface area contributed by atoms with Crippen molar-refractivity contribution in [2.45, 2.75) is 5.41 Å². The molecule has 1 aliphatic rings. The SMILES string of the molecule is O=C(Cl)c1ccc(Oc2ccc(C3(c4ccc(Oc5ccc(C(=O)Cl)cc5)cc4)c4cc(C#Cc5ccccc5)ccc4-c4ccc(C#Cc5ccccc5)cc43)cc2)cc1. The summed E-state index contributed by atoms with van der Waals surface area (Å²) < 4.78 is 12.5. The number of ether oxygens (including phenoxy) is 2. The first kappa shape index (κ1) is 38.9. The molecule has 6 heteroatoms. The Morgan fingerprint density at radius 3 is 1.05 bits per heavy atom. The Balaban J connectivity index is 1.21. The molecule has 0 atom stereocenters. The van der Waals surface area contributed by atoms with Gasteiger partial charge in [-0.15, -0.1) is 0 Å². The summed E-state index contributed by atoms with van der Waals surface area (Å²) in [7, 11) is 0. The van der Waals surface area contributed by atoms with Gasteiger partial charge in [0.1, 0.15) is 23.0 Å². The highest BCUT2D eigenvalue weighted by Crippen LogP contribution is 2.57. The van der Waals surface area contributed by atoms with Gasteiger partial charge in [0, 0.05) is 33.4 Å². The van der Waals surface area contributed by atoms with Crippen LogP contribution in [0.3, 0.4) is 0 Å². The Kier molecular flexibility index (Phi) is 10.8. The zero-order valence-corrected chi connectivity index (χ0v) is 33.9. The van der Waals surface area contributed by atoms with Gasteiger partial charge in [-0.3, -0.25) is 9.59 Å². The molecule has 8 aromatic rings. The maximum Gasteiger partial charge on any atom is 0.252 e. The lowest BCUT2D eigenvalue weighted by Gasteiger charge is -2.34. The third-order valence-corrected chi connectivity index (χ3v) is 11.0. The largest absolute Gasteiger partial charge is 0.457 e. The van der Waals surface area contributed by atoms with E-state index in [1.807, 2.05) is 84.9 Å². The van der Waals surface area contributed by atoms with Crippen LogP contribution in [-0.2, 0) is 5.41 Å². The predicted octanol–water partition coefficient (Wildman–Crippen LogP) is 13.2. The Labute approximate surface area is 364 Å². The number of carbonyl (C=O) groups excluding carboxylic acids is 2. The second-order valence-corrected chi connectivity index (χ2v) is 15.0. The van der Waals surface area contributed by atoms with E-state index in [-0.39, 0.29) is 0 Å². The van der Waals surface area contributed by atoms with Crippen molar-refractivity contribution in [2.75, 3.05) is 0 Å². The first-order valence-corrected chi connectivity index (χ1v) is 20.2. The van der Waals surface area contributed by atoms with Crippen LogP contribution >= 0.6 is 23.2 Å². The van der Waals surface area contributed by atoms with E-state index >= 15 is 0 Å². The van der Waals surface area contributed by atoms with Crippen molar-refractivity contribution in [1.29, 1.82) is 0 Å². The minimum atomic E-state index is -0.832. The lowest BCUT2D eigenvalue weighted by atomic mass is 9.67. The van der Waals surface area contributed by atoms with Gasteiger partial charge in [-0.2, -0.15) is 0 Å². The van der Waals surface area contributed by atoms with Crippen LogP contribution in [0.1, 0.15) is 65.2 Å². The fraction of sp³-hybridized carbons (Fsp3) is 0.0182. The van der Waals surface area contributed by atoms with Gasteiger partial charge in [-0.25, -0.2) is 0 Å². The van der Waals surface area contributed by atoms with Crippen LogP contribution in [0.5, 0.6) is 23.0 Å².